The summed E-state index contributed by atoms with van der Waals surface area (Å²) in [5, 5.41) is 14.7. The summed E-state index contributed by atoms with van der Waals surface area (Å²) in [6.07, 6.45) is 0.925. The highest BCUT2D eigenvalue weighted by Crippen LogP contribution is 2.27. The van der Waals surface area contributed by atoms with E-state index in [9.17, 15) is 0 Å². The molecule has 0 amide bonds. The molecule has 2 aromatic rings. The van der Waals surface area contributed by atoms with E-state index in [-0.39, 0.29) is 5.84 Å². The molecule has 1 aromatic heterocycles. The highest BCUT2D eigenvalue weighted by Gasteiger charge is 2.10. The van der Waals surface area contributed by atoms with Crippen molar-refractivity contribution in [2.24, 2.45) is 10.9 Å². The van der Waals surface area contributed by atoms with Crippen LogP contribution in [0.2, 0.25) is 0 Å². The highest BCUT2D eigenvalue weighted by molar-refractivity contribution is 7.13. The van der Waals surface area contributed by atoms with Gasteiger partial charge in [0.1, 0.15) is 0 Å². The quantitative estimate of drug-likeness (QED) is 0.389. The molecule has 0 aliphatic heterocycles. The largest absolute Gasteiger partial charge is 0.409 e. The first-order valence-corrected chi connectivity index (χ1v) is 6.79. The fourth-order valence-corrected chi connectivity index (χ4v) is 2.55. The van der Waals surface area contributed by atoms with Crippen LogP contribution in [0.5, 0.6) is 0 Å². The molecule has 1 aromatic carbocycles. The molecule has 0 spiro atoms. The molecule has 0 atom stereocenters. The second-order valence-corrected chi connectivity index (χ2v) is 4.91. The van der Waals surface area contributed by atoms with Crippen LogP contribution in [0.25, 0.3) is 0 Å². The number of aromatic nitrogens is 1. The molecular weight excluding hydrogens is 260 g/mol. The van der Waals surface area contributed by atoms with Crippen molar-refractivity contribution in [2.75, 3.05) is 11.9 Å². The van der Waals surface area contributed by atoms with E-state index in [1.807, 2.05) is 30.1 Å². The molecule has 0 saturated carbocycles. The Balaban J connectivity index is 2.30. The van der Waals surface area contributed by atoms with E-state index in [1.165, 1.54) is 0 Å². The number of nitrogens with two attached hydrogens (primary N) is 1. The third-order valence-corrected chi connectivity index (χ3v) is 3.79. The zero-order valence-corrected chi connectivity index (χ0v) is 11.7. The van der Waals surface area contributed by atoms with Crippen molar-refractivity contribution in [3.8, 4) is 0 Å². The number of oxime groups is 1. The Bertz CT molecular complexity index is 594. The zero-order chi connectivity index (χ0) is 13.8. The van der Waals surface area contributed by atoms with Gasteiger partial charge in [0.05, 0.1) is 5.69 Å². The SMILES string of the molecule is CCc1csc(N(C)c2cccc(C(N)=NO)c2)n1. The monoisotopic (exact) mass is 276 g/mol. The fourth-order valence-electron chi connectivity index (χ4n) is 1.65. The number of thiazole rings is 1. The molecule has 0 aliphatic carbocycles. The normalized spacial score (nSPS) is 11.6. The van der Waals surface area contributed by atoms with Crippen molar-refractivity contribution in [3.05, 3.63) is 40.9 Å². The molecule has 1 heterocycles. The summed E-state index contributed by atoms with van der Waals surface area (Å²) in [6, 6.07) is 7.49. The second-order valence-electron chi connectivity index (χ2n) is 4.07. The van der Waals surface area contributed by atoms with Gasteiger partial charge in [0.25, 0.3) is 0 Å². The minimum Gasteiger partial charge on any atom is -0.409 e. The fraction of sp³-hybridized carbons (Fsp3) is 0.231. The van der Waals surface area contributed by atoms with Crippen molar-refractivity contribution in [3.63, 3.8) is 0 Å². The zero-order valence-electron chi connectivity index (χ0n) is 10.9. The van der Waals surface area contributed by atoms with Crippen LogP contribution in [-0.4, -0.2) is 23.1 Å². The van der Waals surface area contributed by atoms with Gasteiger partial charge in [-0.25, -0.2) is 4.98 Å². The van der Waals surface area contributed by atoms with E-state index in [1.54, 1.807) is 17.4 Å². The molecule has 3 N–H and O–H groups in total. The highest BCUT2D eigenvalue weighted by atomic mass is 32.1. The second kappa shape index (κ2) is 5.71. The maximum atomic E-state index is 8.71. The molecule has 100 valence electrons. The van der Waals surface area contributed by atoms with Gasteiger partial charge >= 0.3 is 0 Å². The van der Waals surface area contributed by atoms with Crippen LogP contribution in [0.3, 0.4) is 0 Å². The Morgan fingerprint density at radius 1 is 1.53 bits per heavy atom. The molecular formula is C13H16N4OS. The Morgan fingerprint density at radius 3 is 2.95 bits per heavy atom. The van der Waals surface area contributed by atoms with E-state index in [2.05, 4.69) is 22.4 Å². The summed E-state index contributed by atoms with van der Waals surface area (Å²) < 4.78 is 0. The van der Waals surface area contributed by atoms with Crippen LogP contribution in [-0.2, 0) is 6.42 Å². The number of rotatable bonds is 4. The van der Waals surface area contributed by atoms with Crippen molar-refractivity contribution >= 4 is 28.0 Å². The summed E-state index contributed by atoms with van der Waals surface area (Å²) in [5.74, 6) is 0.101. The van der Waals surface area contributed by atoms with Gasteiger partial charge in [0.2, 0.25) is 0 Å². The Kier molecular flexibility index (Phi) is 4.01. The number of benzene rings is 1. The van der Waals surface area contributed by atoms with Gasteiger partial charge in [-0.2, -0.15) is 0 Å². The van der Waals surface area contributed by atoms with Crippen molar-refractivity contribution in [2.45, 2.75) is 13.3 Å². The Morgan fingerprint density at radius 2 is 2.32 bits per heavy atom. The molecule has 2 rings (SSSR count). The molecule has 5 nitrogen and oxygen atoms in total. The number of hydrogen-bond donors (Lipinski definition) is 2. The first kappa shape index (κ1) is 13.4. The standard InChI is InChI=1S/C13H16N4OS/c1-3-10-8-19-13(15-10)17(2)11-6-4-5-9(7-11)12(14)16-18/h4-8,18H,3H2,1-2H3,(H2,14,16). The lowest BCUT2D eigenvalue weighted by Crippen LogP contribution is -2.15. The number of anilines is 2. The van der Waals surface area contributed by atoms with Crippen LogP contribution < -0.4 is 10.6 Å². The molecule has 19 heavy (non-hydrogen) atoms. The predicted molar refractivity (Wildman–Crippen MR) is 78.5 cm³/mol. The van der Waals surface area contributed by atoms with Crippen molar-refractivity contribution in [1.29, 1.82) is 0 Å². The number of hydrogen-bond acceptors (Lipinski definition) is 5. The minimum absolute atomic E-state index is 0.101. The van der Waals surface area contributed by atoms with Crippen LogP contribution in [0.4, 0.5) is 10.8 Å². The molecule has 0 fully saturated rings. The molecule has 6 heteroatoms. The number of aryl methyl sites for hydroxylation is 1. The Labute approximate surface area is 116 Å². The van der Waals surface area contributed by atoms with Gasteiger partial charge in [0, 0.05) is 23.7 Å². The maximum Gasteiger partial charge on any atom is 0.189 e. The van der Waals surface area contributed by atoms with Gasteiger partial charge in [-0.15, -0.1) is 11.3 Å². The summed E-state index contributed by atoms with van der Waals surface area (Å²) >= 11 is 1.60. The topological polar surface area (TPSA) is 74.7 Å². The average molecular weight is 276 g/mol. The van der Waals surface area contributed by atoms with Gasteiger partial charge < -0.3 is 15.8 Å². The molecule has 0 unspecified atom stereocenters. The lowest BCUT2D eigenvalue weighted by molar-refractivity contribution is 0.318. The summed E-state index contributed by atoms with van der Waals surface area (Å²) in [5.41, 5.74) is 8.30. The van der Waals surface area contributed by atoms with E-state index >= 15 is 0 Å². The van der Waals surface area contributed by atoms with Crippen LogP contribution in [0, 0.1) is 0 Å². The van der Waals surface area contributed by atoms with Gasteiger partial charge in [-0.3, -0.25) is 0 Å². The van der Waals surface area contributed by atoms with Crippen LogP contribution >= 0.6 is 11.3 Å². The first-order chi connectivity index (χ1) is 9.15. The smallest absolute Gasteiger partial charge is 0.189 e. The molecule has 0 aliphatic rings. The van der Waals surface area contributed by atoms with Crippen molar-refractivity contribution < 1.29 is 5.21 Å². The van der Waals surface area contributed by atoms with E-state index in [4.69, 9.17) is 10.9 Å². The third-order valence-electron chi connectivity index (χ3n) is 2.83. The Hall–Kier alpha value is -2.08. The molecule has 0 saturated heterocycles. The van der Waals surface area contributed by atoms with Gasteiger partial charge in [-0.1, -0.05) is 24.2 Å². The maximum absolute atomic E-state index is 8.71. The van der Waals surface area contributed by atoms with Crippen LogP contribution in [0.1, 0.15) is 18.2 Å². The predicted octanol–water partition coefficient (Wildman–Crippen LogP) is 2.57. The summed E-state index contributed by atoms with van der Waals surface area (Å²) in [7, 11) is 1.95. The van der Waals surface area contributed by atoms with Gasteiger partial charge in [-0.05, 0) is 18.6 Å². The van der Waals surface area contributed by atoms with E-state index in [0.717, 1.165) is 22.9 Å². The average Bonchev–Trinajstić information content (AvgIpc) is 2.94. The van der Waals surface area contributed by atoms with Gasteiger partial charge in [0.15, 0.2) is 11.0 Å². The molecule has 0 bridgehead atoms. The van der Waals surface area contributed by atoms with Crippen LogP contribution in [0.15, 0.2) is 34.8 Å². The number of amidine groups is 1. The molecule has 0 radical (unpaired) electrons. The summed E-state index contributed by atoms with van der Waals surface area (Å²) in [6.45, 7) is 2.08. The van der Waals surface area contributed by atoms with Crippen molar-refractivity contribution in [1.82, 2.24) is 4.98 Å². The summed E-state index contributed by atoms with van der Waals surface area (Å²) in [4.78, 5) is 6.52. The number of nitrogens with zero attached hydrogens (tertiary/aromatic N) is 3. The minimum atomic E-state index is 0.101. The van der Waals surface area contributed by atoms with E-state index < -0.39 is 0 Å². The third kappa shape index (κ3) is 2.85. The lowest BCUT2D eigenvalue weighted by Gasteiger charge is -2.16. The lowest BCUT2D eigenvalue weighted by atomic mass is 10.2. The first-order valence-electron chi connectivity index (χ1n) is 5.91. The van der Waals surface area contributed by atoms with E-state index in [0.29, 0.717) is 5.56 Å².